The van der Waals surface area contributed by atoms with Crippen LogP contribution in [-0.2, 0) is 17.9 Å². The van der Waals surface area contributed by atoms with Gasteiger partial charge >= 0.3 is 5.69 Å². The number of nitrogens with two attached hydrogens (primary N) is 1. The van der Waals surface area contributed by atoms with E-state index in [4.69, 9.17) is 10.2 Å². The number of H-pyrrole nitrogens is 1. The van der Waals surface area contributed by atoms with Gasteiger partial charge in [0, 0.05) is 11.4 Å². The molecule has 0 fully saturated rings. The topological polar surface area (TPSA) is 114 Å². The number of carbonyl (C=O) groups excluding carboxylic acids is 1. The van der Waals surface area contributed by atoms with Gasteiger partial charge in [-0.25, -0.2) is 4.79 Å². The Morgan fingerprint density at radius 3 is 2.61 bits per heavy atom. The van der Waals surface area contributed by atoms with Gasteiger partial charge in [-0.2, -0.15) is 0 Å². The number of thioether (sulfide) groups is 1. The summed E-state index contributed by atoms with van der Waals surface area (Å²) < 4.78 is 6.71. The Bertz CT molecular complexity index is 1120. The summed E-state index contributed by atoms with van der Waals surface area (Å²) in [6.07, 6.45) is 3.05. The molecule has 3 aromatic rings. The van der Waals surface area contributed by atoms with Crippen LogP contribution < -0.4 is 21.9 Å². The van der Waals surface area contributed by atoms with Crippen LogP contribution in [0.25, 0.3) is 0 Å². The lowest BCUT2D eigenvalue weighted by Crippen LogP contribution is -2.43. The molecule has 2 heterocycles. The van der Waals surface area contributed by atoms with Crippen LogP contribution in [0, 0.1) is 0 Å². The maximum atomic E-state index is 13.5. The number of nitrogens with one attached hydrogen (secondary N) is 1. The van der Waals surface area contributed by atoms with Gasteiger partial charge in [-0.1, -0.05) is 31.5 Å². The second kappa shape index (κ2) is 10.2. The fourth-order valence-corrected chi connectivity index (χ4v) is 4.13. The molecule has 164 valence electrons. The van der Waals surface area contributed by atoms with E-state index in [0.717, 1.165) is 11.3 Å². The van der Waals surface area contributed by atoms with Crippen molar-refractivity contribution in [2.24, 2.45) is 0 Å². The lowest BCUT2D eigenvalue weighted by Gasteiger charge is -2.26. The maximum absolute atomic E-state index is 13.5. The van der Waals surface area contributed by atoms with Gasteiger partial charge in [-0.15, -0.1) is 11.8 Å². The van der Waals surface area contributed by atoms with Crippen molar-refractivity contribution >= 4 is 29.2 Å². The molecule has 0 saturated carbocycles. The molecular weight excluding hydrogens is 416 g/mol. The van der Waals surface area contributed by atoms with Crippen molar-refractivity contribution in [3.63, 3.8) is 0 Å². The van der Waals surface area contributed by atoms with Gasteiger partial charge in [0.2, 0.25) is 5.91 Å². The fourth-order valence-electron chi connectivity index (χ4n) is 3.18. The highest BCUT2D eigenvalue weighted by molar-refractivity contribution is 8.00. The third-order valence-corrected chi connectivity index (χ3v) is 5.88. The number of nitrogen functional groups attached to an aromatic ring is 1. The highest BCUT2D eigenvalue weighted by Gasteiger charge is 2.29. The van der Waals surface area contributed by atoms with E-state index < -0.39 is 16.5 Å². The molecule has 31 heavy (non-hydrogen) atoms. The first-order chi connectivity index (χ1) is 14.9. The molecule has 0 aliphatic heterocycles. The van der Waals surface area contributed by atoms with Gasteiger partial charge < -0.3 is 10.2 Å². The minimum Gasteiger partial charge on any atom is -0.467 e. The number of hydrogen-bond acceptors (Lipinski definition) is 6. The zero-order valence-electron chi connectivity index (χ0n) is 17.5. The van der Waals surface area contributed by atoms with Crippen LogP contribution in [0.5, 0.6) is 0 Å². The molecule has 0 radical (unpaired) electrons. The van der Waals surface area contributed by atoms with Gasteiger partial charge in [-0.3, -0.25) is 24.0 Å². The van der Waals surface area contributed by atoms with Crippen molar-refractivity contribution in [3.05, 3.63) is 75.3 Å². The summed E-state index contributed by atoms with van der Waals surface area (Å²) in [5.41, 5.74) is 4.93. The molecule has 0 bridgehead atoms. The van der Waals surface area contributed by atoms with Gasteiger partial charge in [0.15, 0.2) is 5.69 Å². The molecule has 1 atom stereocenters. The Hall–Kier alpha value is -3.20. The van der Waals surface area contributed by atoms with E-state index in [1.54, 1.807) is 19.1 Å². The number of hydrogen-bond donors (Lipinski definition) is 2. The van der Waals surface area contributed by atoms with Crippen LogP contribution in [0.4, 0.5) is 11.5 Å². The highest BCUT2D eigenvalue weighted by Crippen LogP contribution is 2.28. The van der Waals surface area contributed by atoms with Crippen molar-refractivity contribution in [1.82, 2.24) is 9.55 Å². The summed E-state index contributed by atoms with van der Waals surface area (Å²) in [6, 6.07) is 12.9. The van der Waals surface area contributed by atoms with E-state index >= 15 is 0 Å². The highest BCUT2D eigenvalue weighted by atomic mass is 32.2. The molecule has 0 saturated heterocycles. The zero-order valence-corrected chi connectivity index (χ0v) is 18.4. The Balaban J connectivity index is 2.02. The summed E-state index contributed by atoms with van der Waals surface area (Å²) in [6.45, 7) is 4.13. The number of carbonyl (C=O) groups is 1. The molecule has 1 unspecified atom stereocenters. The van der Waals surface area contributed by atoms with Gasteiger partial charge in [0.05, 0.1) is 18.1 Å². The molecule has 9 heteroatoms. The number of furan rings is 1. The summed E-state index contributed by atoms with van der Waals surface area (Å²) in [4.78, 5) is 43.1. The molecule has 0 aliphatic rings. The lowest BCUT2D eigenvalue weighted by molar-refractivity contribution is -0.118. The van der Waals surface area contributed by atoms with E-state index in [9.17, 15) is 14.4 Å². The van der Waals surface area contributed by atoms with Crippen LogP contribution >= 0.6 is 11.8 Å². The summed E-state index contributed by atoms with van der Waals surface area (Å²) in [5, 5.41) is -0.507. The van der Waals surface area contributed by atoms with E-state index in [1.807, 2.05) is 37.3 Å². The second-order valence-corrected chi connectivity index (χ2v) is 8.49. The molecule has 2 aromatic heterocycles. The van der Waals surface area contributed by atoms with Crippen molar-refractivity contribution in [2.45, 2.75) is 49.9 Å². The van der Waals surface area contributed by atoms with Crippen molar-refractivity contribution in [3.8, 4) is 0 Å². The number of amides is 1. The number of aromatic nitrogens is 2. The Morgan fingerprint density at radius 2 is 1.97 bits per heavy atom. The second-order valence-electron chi connectivity index (χ2n) is 7.08. The van der Waals surface area contributed by atoms with Gasteiger partial charge in [0.25, 0.3) is 5.56 Å². The third kappa shape index (κ3) is 5.29. The van der Waals surface area contributed by atoms with Gasteiger partial charge in [-0.05, 0) is 37.6 Å². The molecule has 8 nitrogen and oxygen atoms in total. The molecule has 3 N–H and O–H groups in total. The molecule has 0 aliphatic carbocycles. The first-order valence-electron chi connectivity index (χ1n) is 10.1. The normalized spacial score (nSPS) is 11.9. The van der Waals surface area contributed by atoms with Crippen LogP contribution in [0.2, 0.25) is 0 Å². The van der Waals surface area contributed by atoms with Crippen molar-refractivity contribution in [1.29, 1.82) is 0 Å². The predicted molar refractivity (Wildman–Crippen MR) is 122 cm³/mol. The zero-order chi connectivity index (χ0) is 22.4. The Kier molecular flexibility index (Phi) is 7.41. The molecule has 0 spiro atoms. The fraction of sp³-hybridized carbons (Fsp3) is 0.318. The largest absolute Gasteiger partial charge is 0.467 e. The molecule has 1 aromatic carbocycles. The average molecular weight is 443 g/mol. The first kappa shape index (κ1) is 22.5. The Morgan fingerprint density at radius 1 is 1.23 bits per heavy atom. The number of nitrogens with zero attached hydrogens (tertiary/aromatic N) is 2. The van der Waals surface area contributed by atoms with Crippen LogP contribution in [0.3, 0.4) is 0 Å². The van der Waals surface area contributed by atoms with Crippen molar-refractivity contribution in [2.75, 3.05) is 10.6 Å². The van der Waals surface area contributed by atoms with E-state index in [1.165, 1.54) is 27.5 Å². The van der Waals surface area contributed by atoms with Gasteiger partial charge in [0.1, 0.15) is 11.6 Å². The Labute approximate surface area is 184 Å². The number of rotatable bonds is 9. The smallest absolute Gasteiger partial charge is 0.330 e. The summed E-state index contributed by atoms with van der Waals surface area (Å²) in [7, 11) is 0. The minimum absolute atomic E-state index is 0.0186. The maximum Gasteiger partial charge on any atom is 0.330 e. The third-order valence-electron chi connectivity index (χ3n) is 4.78. The van der Waals surface area contributed by atoms with E-state index in [0.29, 0.717) is 18.7 Å². The number of aromatic amines is 1. The van der Waals surface area contributed by atoms with Crippen molar-refractivity contribution < 1.29 is 9.21 Å². The van der Waals surface area contributed by atoms with Crippen LogP contribution in [0.1, 0.15) is 32.4 Å². The quantitative estimate of drug-likeness (QED) is 0.492. The number of unbranched alkanes of at least 4 members (excludes halogenated alkanes) is 1. The lowest BCUT2D eigenvalue weighted by atomic mass is 10.2. The standard InChI is InChI=1S/C22H26N4O4S/c1-3-4-12-25-19(23)18(20(27)24-22(25)29)26(14-16-9-8-13-30-16)21(28)15(2)31-17-10-6-5-7-11-17/h5-11,13,15H,3-4,12,14,23H2,1-2H3,(H,24,27,29). The van der Waals surface area contributed by atoms with Crippen LogP contribution in [-0.4, -0.2) is 20.7 Å². The number of anilines is 2. The summed E-state index contributed by atoms with van der Waals surface area (Å²) in [5.74, 6) is 0.150. The predicted octanol–water partition coefficient (Wildman–Crippen LogP) is 3.23. The molecule has 1 amide bonds. The summed E-state index contributed by atoms with van der Waals surface area (Å²) >= 11 is 1.38. The SMILES string of the molecule is CCCCn1c(N)c(N(Cc2ccco2)C(=O)C(C)Sc2ccccc2)c(=O)[nH]c1=O. The van der Waals surface area contributed by atoms with E-state index in [2.05, 4.69) is 4.98 Å². The first-order valence-corrected chi connectivity index (χ1v) is 11.0. The van der Waals surface area contributed by atoms with Crippen LogP contribution in [0.15, 0.2) is 67.6 Å². The average Bonchev–Trinajstić information content (AvgIpc) is 3.26. The molecule has 3 rings (SSSR count). The monoisotopic (exact) mass is 442 g/mol. The number of benzene rings is 1. The minimum atomic E-state index is -0.702. The molecular formula is C22H26N4O4S. The van der Waals surface area contributed by atoms with E-state index in [-0.39, 0.29) is 24.0 Å².